The van der Waals surface area contributed by atoms with Gasteiger partial charge in [-0.25, -0.2) is 0 Å². The van der Waals surface area contributed by atoms with Gasteiger partial charge in [0.25, 0.3) is 0 Å². The first-order valence-electron chi connectivity index (χ1n) is 14.6. The predicted octanol–water partition coefficient (Wildman–Crippen LogP) is 11.7. The first-order valence-corrected chi connectivity index (χ1v) is 24.5. The normalized spacial score (nSPS) is 11.2. The number of unbranched alkanes of at least 4 members (excludes halogenated alkanes) is 3. The summed E-state index contributed by atoms with van der Waals surface area (Å²) in [6.07, 6.45) is 8.31. The molecule has 0 amide bonds. The van der Waals surface area contributed by atoms with Gasteiger partial charge in [0.15, 0.2) is 0 Å². The maximum Gasteiger partial charge on any atom is 0.118 e. The van der Waals surface area contributed by atoms with E-state index in [4.69, 9.17) is 9.47 Å². The molecule has 0 unspecified atom stereocenters. The number of rotatable bonds is 14. The van der Waals surface area contributed by atoms with Gasteiger partial charge in [-0.3, -0.25) is 0 Å². The summed E-state index contributed by atoms with van der Waals surface area (Å²) in [5, 5.41) is 0. The summed E-state index contributed by atoms with van der Waals surface area (Å²) < 4.78 is 18.0. The van der Waals surface area contributed by atoms with Crippen LogP contribution in [0.3, 0.4) is 0 Å². The number of hydrogen-bond acceptors (Lipinski definition) is 4. The smallest absolute Gasteiger partial charge is 0.118 e. The fraction of sp³-hybridized carbons (Fsp3) is 0.412. The fourth-order valence-corrected chi connectivity index (χ4v) is 26.6. The number of benzene rings is 2. The Labute approximate surface area is 263 Å². The minimum absolute atomic E-state index is 0.893. The van der Waals surface area contributed by atoms with Crippen molar-refractivity contribution >= 4 is 59.9 Å². The molecular formula is C34H45BrO2S2Sn. The Morgan fingerprint density at radius 1 is 0.575 bits per heavy atom. The Balaban J connectivity index is 0.000000263. The van der Waals surface area contributed by atoms with E-state index in [1.807, 2.05) is 15.0 Å². The van der Waals surface area contributed by atoms with E-state index in [9.17, 15) is 0 Å². The summed E-state index contributed by atoms with van der Waals surface area (Å²) in [5.74, 6) is 1.83. The van der Waals surface area contributed by atoms with Crippen LogP contribution in [0.5, 0.6) is 11.5 Å². The van der Waals surface area contributed by atoms with Crippen molar-refractivity contribution in [2.45, 2.75) is 72.6 Å². The van der Waals surface area contributed by atoms with Crippen LogP contribution in [0.1, 0.15) is 59.3 Å². The van der Waals surface area contributed by atoms with Crippen LogP contribution >= 0.6 is 38.6 Å². The predicted molar refractivity (Wildman–Crippen MR) is 185 cm³/mol. The topological polar surface area (TPSA) is 18.5 Å². The molecule has 0 atom stereocenters. The van der Waals surface area contributed by atoms with E-state index in [1.165, 1.54) is 59.4 Å². The van der Waals surface area contributed by atoms with Crippen LogP contribution in [0.2, 0.25) is 13.3 Å². The van der Waals surface area contributed by atoms with E-state index in [2.05, 4.69) is 109 Å². The standard InChI is InChI=1S/C11H9BrOS.C11H9OS.3C4H9.Sn/c1-13-9-4-2-8(3-5-9)10-6-7-11(12)14-10;1-12-10-6-4-9(5-7-10)11-3-2-8-13-11;3*1-3-4-2;/h2-7H,1H3;2-7H,1H3;3*1,3-4H2,2H3;. The second-order valence-electron chi connectivity index (χ2n) is 10.3. The summed E-state index contributed by atoms with van der Waals surface area (Å²) >= 11 is 5.02. The Hall–Kier alpha value is -1.28. The van der Waals surface area contributed by atoms with E-state index in [-0.39, 0.29) is 0 Å². The second kappa shape index (κ2) is 17.6. The molecule has 2 aromatic carbocycles. The molecule has 4 rings (SSSR count). The SMILES string of the molecule is CCC[CH2][Sn]([CH2]CCC)([CH2]CCC)[c]1ccc(-c2ccc(OC)cc2)s1.COc1ccc(-c2ccc(Br)s2)cc1. The zero-order chi connectivity index (χ0) is 28.8. The van der Waals surface area contributed by atoms with Crippen molar-refractivity contribution in [2.24, 2.45) is 0 Å². The molecule has 4 aromatic rings. The molecule has 0 spiro atoms. The molecule has 40 heavy (non-hydrogen) atoms. The molecule has 0 saturated heterocycles. The van der Waals surface area contributed by atoms with Crippen molar-refractivity contribution in [3.63, 3.8) is 0 Å². The van der Waals surface area contributed by atoms with Gasteiger partial charge < -0.3 is 4.74 Å². The van der Waals surface area contributed by atoms with Gasteiger partial charge in [-0.15, -0.1) is 11.3 Å². The number of hydrogen-bond donors (Lipinski definition) is 0. The van der Waals surface area contributed by atoms with Crippen LogP contribution in [0.15, 0.2) is 76.6 Å². The molecular weight excluding hydrogens is 703 g/mol. The van der Waals surface area contributed by atoms with Gasteiger partial charge in [-0.05, 0) is 57.9 Å². The molecule has 2 heterocycles. The van der Waals surface area contributed by atoms with Crippen molar-refractivity contribution in [1.29, 1.82) is 0 Å². The average Bonchev–Trinajstić information content (AvgIpc) is 3.68. The first kappa shape index (κ1) is 33.2. The maximum atomic E-state index is 5.31. The second-order valence-corrected chi connectivity index (χ2v) is 28.0. The van der Waals surface area contributed by atoms with E-state index < -0.39 is 18.4 Å². The summed E-state index contributed by atoms with van der Waals surface area (Å²) in [4.78, 5) is 2.70. The quantitative estimate of drug-likeness (QED) is 0.120. The number of methoxy groups -OCH3 is 2. The van der Waals surface area contributed by atoms with Gasteiger partial charge in [0.1, 0.15) is 5.75 Å². The summed E-state index contributed by atoms with van der Waals surface area (Å²) in [5.41, 5.74) is 2.56. The zero-order valence-electron chi connectivity index (χ0n) is 24.8. The van der Waals surface area contributed by atoms with Gasteiger partial charge >= 0.3 is 170 Å². The summed E-state index contributed by atoms with van der Waals surface area (Å²) in [6, 6.07) is 25.7. The molecule has 0 aliphatic carbocycles. The van der Waals surface area contributed by atoms with E-state index in [1.54, 1.807) is 38.9 Å². The molecule has 0 N–H and O–H groups in total. The Kier molecular flexibility index (Phi) is 14.6. The Bertz CT molecular complexity index is 1230. The third kappa shape index (κ3) is 9.64. The summed E-state index contributed by atoms with van der Waals surface area (Å²) in [6.45, 7) is 7.06. The monoisotopic (exact) mass is 748 g/mol. The van der Waals surface area contributed by atoms with Gasteiger partial charge in [-0.1, -0.05) is 0 Å². The van der Waals surface area contributed by atoms with Crippen LogP contribution < -0.4 is 12.4 Å². The molecule has 0 radical (unpaired) electrons. The van der Waals surface area contributed by atoms with Crippen LogP contribution in [0.4, 0.5) is 0 Å². The van der Waals surface area contributed by atoms with Gasteiger partial charge in [-0.2, -0.15) is 0 Å². The molecule has 0 aliphatic rings. The van der Waals surface area contributed by atoms with Crippen molar-refractivity contribution in [2.75, 3.05) is 14.2 Å². The van der Waals surface area contributed by atoms with Crippen molar-refractivity contribution < 1.29 is 9.47 Å². The van der Waals surface area contributed by atoms with Crippen LogP contribution in [0.25, 0.3) is 20.9 Å². The van der Waals surface area contributed by atoms with Crippen LogP contribution in [0, 0.1) is 0 Å². The number of halogens is 1. The van der Waals surface area contributed by atoms with E-state index in [0.717, 1.165) is 15.3 Å². The van der Waals surface area contributed by atoms with Crippen molar-refractivity contribution in [1.82, 2.24) is 0 Å². The first-order chi connectivity index (χ1) is 19.5. The van der Waals surface area contributed by atoms with Gasteiger partial charge in [0, 0.05) is 4.88 Å². The minimum atomic E-state index is -2.27. The van der Waals surface area contributed by atoms with E-state index >= 15 is 0 Å². The minimum Gasteiger partial charge on any atom is -0.497 e. The molecule has 216 valence electrons. The molecule has 0 bridgehead atoms. The van der Waals surface area contributed by atoms with Gasteiger partial charge in [0.2, 0.25) is 0 Å². The number of thiophene rings is 2. The Morgan fingerprint density at radius 2 is 1.00 bits per heavy atom. The Morgan fingerprint density at radius 3 is 1.38 bits per heavy atom. The van der Waals surface area contributed by atoms with Crippen LogP contribution in [-0.4, -0.2) is 32.6 Å². The van der Waals surface area contributed by atoms with Gasteiger partial charge in [0.05, 0.1) is 10.9 Å². The number of ether oxygens (including phenoxy) is 2. The van der Waals surface area contributed by atoms with Crippen molar-refractivity contribution in [3.05, 3.63) is 76.6 Å². The molecule has 0 saturated carbocycles. The average molecular weight is 748 g/mol. The van der Waals surface area contributed by atoms with E-state index in [0.29, 0.717) is 0 Å². The third-order valence-electron chi connectivity index (χ3n) is 7.48. The molecule has 0 aliphatic heterocycles. The largest absolute Gasteiger partial charge is 0.497 e. The molecule has 2 nitrogen and oxygen atoms in total. The zero-order valence-corrected chi connectivity index (χ0v) is 30.9. The third-order valence-corrected chi connectivity index (χ3v) is 28.6. The molecule has 2 aromatic heterocycles. The summed E-state index contributed by atoms with van der Waals surface area (Å²) in [7, 11) is 3.41. The maximum absolute atomic E-state index is 5.31. The fourth-order valence-electron chi connectivity index (χ4n) is 5.05. The molecule has 0 fully saturated rings. The molecule has 6 heteroatoms. The van der Waals surface area contributed by atoms with Crippen molar-refractivity contribution in [3.8, 4) is 32.4 Å². The van der Waals surface area contributed by atoms with Crippen LogP contribution in [-0.2, 0) is 0 Å².